The monoisotopic (exact) mass is 386 g/mol. The largest absolute Gasteiger partial charge is 0.444 e. The Bertz CT molecular complexity index is 624. The van der Waals surface area contributed by atoms with E-state index in [2.05, 4.69) is 5.32 Å². The van der Waals surface area contributed by atoms with Gasteiger partial charge in [0, 0.05) is 29.6 Å². The second-order valence-corrected chi connectivity index (χ2v) is 8.20. The van der Waals surface area contributed by atoms with E-state index >= 15 is 0 Å². The van der Waals surface area contributed by atoms with Gasteiger partial charge in [0.1, 0.15) is 5.60 Å². The van der Waals surface area contributed by atoms with Crippen molar-refractivity contribution >= 4 is 29.4 Å². The van der Waals surface area contributed by atoms with Crippen LogP contribution in [0.2, 0.25) is 0 Å². The molecule has 0 radical (unpaired) electrons. The van der Waals surface area contributed by atoms with Crippen molar-refractivity contribution < 1.29 is 23.1 Å². The number of benzene rings is 1. The van der Waals surface area contributed by atoms with Crippen molar-refractivity contribution in [1.29, 1.82) is 0 Å². The van der Waals surface area contributed by atoms with Gasteiger partial charge in [0.25, 0.3) is 5.76 Å². The highest BCUT2D eigenvalue weighted by Crippen LogP contribution is 2.27. The van der Waals surface area contributed by atoms with E-state index in [1.165, 1.54) is 0 Å². The Morgan fingerprint density at radius 1 is 1.19 bits per heavy atom. The van der Waals surface area contributed by atoms with Gasteiger partial charge in [0.05, 0.1) is 0 Å². The van der Waals surface area contributed by atoms with Gasteiger partial charge in [0.15, 0.2) is 0 Å². The molecule has 0 atom stereocenters. The molecule has 1 aromatic rings. The molecule has 1 fully saturated rings. The summed E-state index contributed by atoms with van der Waals surface area (Å²) in [6.45, 7) is 6.39. The first-order valence-electron chi connectivity index (χ1n) is 8.48. The van der Waals surface area contributed by atoms with Crippen LogP contribution in [0.3, 0.4) is 0 Å². The molecule has 1 saturated heterocycles. The summed E-state index contributed by atoms with van der Waals surface area (Å²) in [6, 6.07) is 6.33. The van der Waals surface area contributed by atoms with Crippen LogP contribution < -0.4 is 5.32 Å². The Hall–Kier alpha value is -1.83. The zero-order valence-corrected chi connectivity index (χ0v) is 15.9. The van der Waals surface area contributed by atoms with Crippen molar-refractivity contribution in [2.45, 2.75) is 49.9 Å². The molecule has 0 bridgehead atoms. The summed E-state index contributed by atoms with van der Waals surface area (Å²) in [4.78, 5) is 26.5. The fraction of sp³-hybridized carbons (Fsp3) is 0.556. The number of halogens is 2. The molecule has 5 nitrogen and oxygen atoms in total. The zero-order valence-electron chi connectivity index (χ0n) is 15.1. The maximum absolute atomic E-state index is 12.4. The molecule has 0 unspecified atom stereocenters. The number of alkyl halides is 2. The lowest BCUT2D eigenvalue weighted by molar-refractivity contribution is -0.121. The molecule has 2 rings (SSSR count). The number of anilines is 1. The van der Waals surface area contributed by atoms with Crippen LogP contribution in [0.5, 0.6) is 0 Å². The molecule has 2 amide bonds. The van der Waals surface area contributed by atoms with Gasteiger partial charge < -0.3 is 15.0 Å². The highest BCUT2D eigenvalue weighted by molar-refractivity contribution is 7.99. The van der Waals surface area contributed by atoms with E-state index in [1.807, 2.05) is 20.8 Å². The molecule has 0 saturated carbocycles. The average molecular weight is 386 g/mol. The Labute approximate surface area is 156 Å². The molecule has 0 spiro atoms. The maximum Gasteiger partial charge on any atom is 0.410 e. The normalized spacial score (nSPS) is 15.8. The summed E-state index contributed by atoms with van der Waals surface area (Å²) in [5.41, 5.74) is 0.0308. The van der Waals surface area contributed by atoms with Crippen LogP contribution in [0.25, 0.3) is 0 Å². The van der Waals surface area contributed by atoms with Gasteiger partial charge in [-0.1, -0.05) is 11.8 Å². The second kappa shape index (κ2) is 8.70. The number of piperidine rings is 1. The number of carbonyl (C=O) groups excluding carboxylic acids is 2. The lowest BCUT2D eigenvalue weighted by Gasteiger charge is -2.32. The number of nitrogens with zero attached hydrogens (tertiary/aromatic N) is 1. The first kappa shape index (κ1) is 20.5. The smallest absolute Gasteiger partial charge is 0.410 e. The van der Waals surface area contributed by atoms with E-state index < -0.39 is 11.4 Å². The minimum atomic E-state index is -2.47. The van der Waals surface area contributed by atoms with E-state index in [-0.39, 0.29) is 17.9 Å². The molecular weight excluding hydrogens is 362 g/mol. The SMILES string of the molecule is CC(C)(C)OC(=O)N1CCC(C(=O)Nc2ccc(SC(F)F)cc2)CC1. The second-order valence-electron chi connectivity index (χ2n) is 7.13. The number of amides is 2. The number of nitrogens with one attached hydrogen (secondary N) is 1. The molecule has 1 heterocycles. The summed E-state index contributed by atoms with van der Waals surface area (Å²) in [6.07, 6.45) is 0.762. The Morgan fingerprint density at radius 3 is 2.27 bits per heavy atom. The average Bonchev–Trinajstić information content (AvgIpc) is 2.55. The fourth-order valence-electron chi connectivity index (χ4n) is 2.61. The van der Waals surface area contributed by atoms with Crippen LogP contribution in [0.1, 0.15) is 33.6 Å². The summed E-state index contributed by atoms with van der Waals surface area (Å²) < 4.78 is 30.0. The van der Waals surface area contributed by atoms with Crippen LogP contribution in [-0.4, -0.2) is 41.3 Å². The predicted octanol–water partition coefficient (Wildman–Crippen LogP) is 4.59. The van der Waals surface area contributed by atoms with Crippen LogP contribution in [0, 0.1) is 5.92 Å². The third-order valence-electron chi connectivity index (χ3n) is 3.86. The molecule has 1 aliphatic rings. The highest BCUT2D eigenvalue weighted by Gasteiger charge is 2.29. The third kappa shape index (κ3) is 6.48. The number of rotatable bonds is 4. The van der Waals surface area contributed by atoms with Crippen molar-refractivity contribution in [3.05, 3.63) is 24.3 Å². The van der Waals surface area contributed by atoms with Crippen molar-refractivity contribution in [3.8, 4) is 0 Å². The van der Waals surface area contributed by atoms with Crippen LogP contribution >= 0.6 is 11.8 Å². The molecule has 0 aromatic heterocycles. The van der Waals surface area contributed by atoms with Gasteiger partial charge in [-0.3, -0.25) is 4.79 Å². The van der Waals surface area contributed by atoms with E-state index in [4.69, 9.17) is 4.74 Å². The van der Waals surface area contributed by atoms with Gasteiger partial charge in [0.2, 0.25) is 5.91 Å². The van der Waals surface area contributed by atoms with Gasteiger partial charge in [-0.15, -0.1) is 0 Å². The van der Waals surface area contributed by atoms with E-state index in [9.17, 15) is 18.4 Å². The van der Waals surface area contributed by atoms with Gasteiger partial charge in [-0.05, 0) is 57.9 Å². The van der Waals surface area contributed by atoms with E-state index in [1.54, 1.807) is 29.2 Å². The molecule has 1 aromatic carbocycles. The van der Waals surface area contributed by atoms with Crippen LogP contribution in [-0.2, 0) is 9.53 Å². The summed E-state index contributed by atoms with van der Waals surface area (Å²) >= 11 is 0.465. The molecule has 1 aliphatic heterocycles. The number of ether oxygens (including phenoxy) is 1. The maximum atomic E-state index is 12.4. The molecule has 0 aliphatic carbocycles. The third-order valence-corrected chi connectivity index (χ3v) is 4.59. The molecule has 8 heteroatoms. The minimum Gasteiger partial charge on any atom is -0.444 e. The highest BCUT2D eigenvalue weighted by atomic mass is 32.2. The zero-order chi connectivity index (χ0) is 19.3. The lowest BCUT2D eigenvalue weighted by atomic mass is 9.96. The minimum absolute atomic E-state index is 0.122. The van der Waals surface area contributed by atoms with Crippen LogP contribution in [0.15, 0.2) is 29.2 Å². The summed E-state index contributed by atoms with van der Waals surface area (Å²) in [5, 5.41) is 2.80. The number of carbonyl (C=O) groups is 2. The number of hydrogen-bond acceptors (Lipinski definition) is 4. The standard InChI is InChI=1S/C18H24F2N2O3S/c1-18(2,3)25-17(24)22-10-8-12(9-11-22)15(23)21-13-4-6-14(7-5-13)26-16(19)20/h4-7,12,16H,8-11H2,1-3H3,(H,21,23). The topological polar surface area (TPSA) is 58.6 Å². The van der Waals surface area contributed by atoms with Gasteiger partial charge in [-0.25, -0.2) is 4.79 Å². The first-order chi connectivity index (χ1) is 12.1. The Balaban J connectivity index is 1.82. The first-order valence-corrected chi connectivity index (χ1v) is 9.36. The molecular formula is C18H24F2N2O3S. The summed E-state index contributed by atoms with van der Waals surface area (Å²) in [7, 11) is 0. The van der Waals surface area contributed by atoms with Gasteiger partial charge >= 0.3 is 6.09 Å². The molecule has 1 N–H and O–H groups in total. The van der Waals surface area contributed by atoms with Crippen molar-refractivity contribution in [1.82, 2.24) is 4.90 Å². The van der Waals surface area contributed by atoms with Crippen molar-refractivity contribution in [3.63, 3.8) is 0 Å². The van der Waals surface area contributed by atoms with Crippen molar-refractivity contribution in [2.24, 2.45) is 5.92 Å². The molecule has 26 heavy (non-hydrogen) atoms. The lowest BCUT2D eigenvalue weighted by Crippen LogP contribution is -2.43. The van der Waals surface area contributed by atoms with E-state index in [0.717, 1.165) is 0 Å². The number of thioether (sulfide) groups is 1. The number of hydrogen-bond donors (Lipinski definition) is 1. The Morgan fingerprint density at radius 2 is 1.77 bits per heavy atom. The van der Waals surface area contributed by atoms with Crippen molar-refractivity contribution in [2.75, 3.05) is 18.4 Å². The Kier molecular flexibility index (Phi) is 6.86. The summed E-state index contributed by atoms with van der Waals surface area (Å²) in [5.74, 6) is -2.78. The van der Waals surface area contributed by atoms with E-state index in [0.29, 0.717) is 48.3 Å². The molecule has 144 valence electrons. The predicted molar refractivity (Wildman–Crippen MR) is 97.5 cm³/mol. The quantitative estimate of drug-likeness (QED) is 0.769. The fourth-order valence-corrected chi connectivity index (χ4v) is 3.11. The van der Waals surface area contributed by atoms with Gasteiger partial charge in [-0.2, -0.15) is 8.78 Å². The van der Waals surface area contributed by atoms with Crippen LogP contribution in [0.4, 0.5) is 19.3 Å². The number of likely N-dealkylation sites (tertiary alicyclic amines) is 1.